The van der Waals surface area contributed by atoms with Crippen LogP contribution in [0.2, 0.25) is 0 Å². The molecule has 2 aromatic heterocycles. The first-order valence-electron chi connectivity index (χ1n) is 8.80. The highest BCUT2D eigenvalue weighted by atomic mass is 32.2. The highest BCUT2D eigenvalue weighted by Crippen LogP contribution is 2.29. The minimum absolute atomic E-state index is 0.207. The minimum Gasteiger partial charge on any atom is -0.408 e. The summed E-state index contributed by atoms with van der Waals surface area (Å²) in [5.74, 6) is -1.02. The van der Waals surface area contributed by atoms with Gasteiger partial charge >= 0.3 is 5.76 Å². The number of anilines is 1. The summed E-state index contributed by atoms with van der Waals surface area (Å²) in [5, 5.41) is 3.07. The van der Waals surface area contributed by atoms with Crippen molar-refractivity contribution in [3.63, 3.8) is 0 Å². The Bertz CT molecular complexity index is 1240. The van der Waals surface area contributed by atoms with Gasteiger partial charge in [-0.3, -0.25) is 9.36 Å². The first-order chi connectivity index (χ1) is 13.8. The fourth-order valence-corrected chi connectivity index (χ4v) is 5.32. The van der Waals surface area contributed by atoms with Crippen molar-refractivity contribution >= 4 is 43.7 Å². The third-order valence-corrected chi connectivity index (χ3v) is 7.49. The topological polar surface area (TPSA) is 118 Å². The van der Waals surface area contributed by atoms with Crippen molar-refractivity contribution in [3.8, 4) is 0 Å². The Kier molecular flexibility index (Phi) is 5.02. The van der Waals surface area contributed by atoms with Gasteiger partial charge in [-0.2, -0.15) is 17.0 Å². The number of para-hydroxylation sites is 2. The van der Waals surface area contributed by atoms with Crippen molar-refractivity contribution in [2.45, 2.75) is 19.5 Å². The van der Waals surface area contributed by atoms with Gasteiger partial charge in [0.2, 0.25) is 5.91 Å². The maximum absolute atomic E-state index is 12.4. The van der Waals surface area contributed by atoms with Crippen LogP contribution in [0, 0.1) is 0 Å². The fraction of sp³-hybridized carbons (Fsp3) is 0.353. The lowest BCUT2D eigenvalue weighted by Gasteiger charge is -2.27. The van der Waals surface area contributed by atoms with Crippen LogP contribution in [0.4, 0.5) is 5.13 Å². The molecule has 10 nitrogen and oxygen atoms in total. The molecule has 1 amide bonds. The van der Waals surface area contributed by atoms with E-state index in [-0.39, 0.29) is 13.1 Å². The Hall–Kier alpha value is -2.54. The molecule has 12 heteroatoms. The number of carbonyl (C=O) groups is 1. The fourth-order valence-electron chi connectivity index (χ4n) is 3.12. The zero-order valence-corrected chi connectivity index (χ0v) is 17.4. The van der Waals surface area contributed by atoms with Crippen molar-refractivity contribution in [2.75, 3.05) is 26.0 Å². The summed E-state index contributed by atoms with van der Waals surface area (Å²) in [6.07, 6.45) is 0.473. The number of benzene rings is 1. The van der Waals surface area contributed by atoms with Crippen molar-refractivity contribution in [2.24, 2.45) is 0 Å². The Morgan fingerprint density at radius 1 is 1.34 bits per heavy atom. The van der Waals surface area contributed by atoms with E-state index in [0.29, 0.717) is 29.2 Å². The van der Waals surface area contributed by atoms with Gasteiger partial charge < -0.3 is 9.73 Å². The van der Waals surface area contributed by atoms with Gasteiger partial charge in [-0.05, 0) is 12.1 Å². The van der Waals surface area contributed by atoms with E-state index in [0.717, 1.165) is 10.6 Å². The minimum atomic E-state index is -3.51. The van der Waals surface area contributed by atoms with Crippen LogP contribution >= 0.6 is 11.3 Å². The van der Waals surface area contributed by atoms with Gasteiger partial charge in [-0.15, -0.1) is 11.3 Å². The Balaban J connectivity index is 1.49. The molecule has 0 spiro atoms. The second-order valence-electron chi connectivity index (χ2n) is 6.73. The molecule has 0 saturated heterocycles. The van der Waals surface area contributed by atoms with Crippen LogP contribution in [0.3, 0.4) is 0 Å². The molecule has 0 bridgehead atoms. The van der Waals surface area contributed by atoms with E-state index < -0.39 is 21.9 Å². The number of hydrogen-bond donors (Lipinski definition) is 1. The number of amides is 1. The molecule has 1 aromatic carbocycles. The molecule has 29 heavy (non-hydrogen) atoms. The summed E-state index contributed by atoms with van der Waals surface area (Å²) in [4.78, 5) is 29.7. The molecule has 1 aliphatic rings. The maximum Gasteiger partial charge on any atom is 0.420 e. The summed E-state index contributed by atoms with van der Waals surface area (Å²) < 4.78 is 33.6. The monoisotopic (exact) mass is 437 g/mol. The number of rotatable bonds is 5. The summed E-state index contributed by atoms with van der Waals surface area (Å²) in [7, 11) is -0.525. The Labute approximate surface area is 170 Å². The van der Waals surface area contributed by atoms with Gasteiger partial charge in [0.25, 0.3) is 10.2 Å². The number of oxazole rings is 1. The molecule has 3 aromatic rings. The Morgan fingerprint density at radius 3 is 2.86 bits per heavy atom. The number of aromatic nitrogens is 2. The lowest BCUT2D eigenvalue weighted by atomic mass is 10.2. The molecule has 0 unspecified atom stereocenters. The van der Waals surface area contributed by atoms with Gasteiger partial charge in [0.15, 0.2) is 10.7 Å². The van der Waals surface area contributed by atoms with E-state index in [1.54, 1.807) is 24.3 Å². The largest absolute Gasteiger partial charge is 0.420 e. The highest BCUT2D eigenvalue weighted by molar-refractivity contribution is 7.86. The molecule has 0 fully saturated rings. The van der Waals surface area contributed by atoms with E-state index in [4.69, 9.17) is 4.42 Å². The van der Waals surface area contributed by atoms with Crippen LogP contribution in [0.25, 0.3) is 11.1 Å². The number of hydrogen-bond acceptors (Lipinski definition) is 7. The second-order valence-corrected chi connectivity index (χ2v) is 9.96. The van der Waals surface area contributed by atoms with Gasteiger partial charge in [0, 0.05) is 31.9 Å². The van der Waals surface area contributed by atoms with Crippen LogP contribution in [0.15, 0.2) is 33.5 Å². The first kappa shape index (κ1) is 19.8. The van der Waals surface area contributed by atoms with E-state index in [1.165, 1.54) is 38.6 Å². The van der Waals surface area contributed by atoms with Crippen LogP contribution in [-0.2, 0) is 34.5 Å². The Morgan fingerprint density at radius 2 is 2.10 bits per heavy atom. The predicted molar refractivity (Wildman–Crippen MR) is 108 cm³/mol. The molecular formula is C17H19N5O5S2. The molecule has 0 radical (unpaired) electrons. The molecular weight excluding hydrogens is 418 g/mol. The molecule has 0 saturated carbocycles. The lowest BCUT2D eigenvalue weighted by Crippen LogP contribution is -2.42. The number of fused-ring (bicyclic) bond motifs is 2. The van der Waals surface area contributed by atoms with Crippen molar-refractivity contribution in [3.05, 3.63) is 45.4 Å². The summed E-state index contributed by atoms with van der Waals surface area (Å²) in [5.41, 5.74) is 1.73. The van der Waals surface area contributed by atoms with Crippen LogP contribution in [-0.4, -0.2) is 53.1 Å². The van der Waals surface area contributed by atoms with Gasteiger partial charge in [-0.1, -0.05) is 12.1 Å². The number of nitrogens with one attached hydrogen (secondary N) is 1. The summed E-state index contributed by atoms with van der Waals surface area (Å²) in [6.45, 7) is 0.345. The first-order valence-corrected chi connectivity index (χ1v) is 11.0. The molecule has 1 aliphatic heterocycles. The third kappa shape index (κ3) is 3.71. The van der Waals surface area contributed by atoms with E-state index in [2.05, 4.69) is 10.3 Å². The summed E-state index contributed by atoms with van der Waals surface area (Å²) >= 11 is 1.24. The lowest BCUT2D eigenvalue weighted by molar-refractivity contribution is -0.116. The zero-order valence-electron chi connectivity index (χ0n) is 15.8. The van der Waals surface area contributed by atoms with Crippen LogP contribution < -0.4 is 11.1 Å². The molecule has 0 atom stereocenters. The van der Waals surface area contributed by atoms with E-state index in [1.807, 2.05) is 0 Å². The highest BCUT2D eigenvalue weighted by Gasteiger charge is 2.30. The van der Waals surface area contributed by atoms with E-state index >= 15 is 0 Å². The SMILES string of the molecule is CN(C)S(=O)(=O)N1CCc2nc(NC(=O)Cn3c(=O)oc4ccccc43)sc2C1. The molecule has 154 valence electrons. The van der Waals surface area contributed by atoms with E-state index in [9.17, 15) is 18.0 Å². The molecule has 4 rings (SSSR count). The van der Waals surface area contributed by atoms with Gasteiger partial charge in [-0.25, -0.2) is 9.78 Å². The molecule has 0 aliphatic carbocycles. The zero-order chi connectivity index (χ0) is 20.8. The number of carbonyl (C=O) groups excluding carboxylic acids is 1. The molecule has 3 heterocycles. The quantitative estimate of drug-likeness (QED) is 0.632. The maximum atomic E-state index is 12.4. The van der Waals surface area contributed by atoms with Crippen LogP contribution in [0.5, 0.6) is 0 Å². The number of thiazole rings is 1. The smallest absolute Gasteiger partial charge is 0.408 e. The standard InChI is InChI=1S/C17H19N5O5S2/c1-20(2)29(25,26)21-8-7-11-14(9-21)28-16(18-11)19-15(23)10-22-12-5-3-4-6-13(12)27-17(22)24/h3-6H,7-10H2,1-2H3,(H,18,19,23). The van der Waals surface area contributed by atoms with Gasteiger partial charge in [0.05, 0.1) is 17.8 Å². The second kappa shape index (κ2) is 7.37. The van der Waals surface area contributed by atoms with Crippen molar-refractivity contribution in [1.82, 2.24) is 18.2 Å². The van der Waals surface area contributed by atoms with Crippen LogP contribution in [0.1, 0.15) is 10.6 Å². The third-order valence-electron chi connectivity index (χ3n) is 4.61. The molecule has 1 N–H and O–H groups in total. The average Bonchev–Trinajstić information content (AvgIpc) is 3.21. The predicted octanol–water partition coefficient (Wildman–Crippen LogP) is 0.854. The normalized spacial score (nSPS) is 15.0. The summed E-state index contributed by atoms with van der Waals surface area (Å²) in [6, 6.07) is 6.87. The van der Waals surface area contributed by atoms with Gasteiger partial charge in [0.1, 0.15) is 6.54 Å². The number of nitrogens with zero attached hydrogens (tertiary/aromatic N) is 4. The van der Waals surface area contributed by atoms with Crippen molar-refractivity contribution < 1.29 is 17.6 Å². The average molecular weight is 438 g/mol. The van der Waals surface area contributed by atoms with Crippen molar-refractivity contribution in [1.29, 1.82) is 0 Å².